The molecule has 0 radical (unpaired) electrons. The minimum atomic E-state index is -0.850. The standard InChI is InChI=1S/C14H16N4O3S/c1-18(2)14-15-6-10(7-16-14)12(19)17-11(13(20)21-3)9-4-5-22-8-9/h4-8,11H,1-3H3,(H,17,19). The number of methoxy groups -OCH3 is 1. The van der Waals surface area contributed by atoms with Gasteiger partial charge in [-0.1, -0.05) is 0 Å². The lowest BCUT2D eigenvalue weighted by Crippen LogP contribution is -2.34. The predicted molar refractivity (Wildman–Crippen MR) is 82.9 cm³/mol. The molecule has 1 N–H and O–H groups in total. The number of thiophene rings is 1. The van der Waals surface area contributed by atoms with Gasteiger partial charge in [-0.25, -0.2) is 14.8 Å². The number of anilines is 1. The van der Waals surface area contributed by atoms with E-state index in [9.17, 15) is 9.59 Å². The first-order chi connectivity index (χ1) is 10.5. The van der Waals surface area contributed by atoms with Crippen LogP contribution in [0, 0.1) is 0 Å². The molecule has 2 rings (SSSR count). The molecular weight excluding hydrogens is 304 g/mol. The Morgan fingerprint density at radius 1 is 1.32 bits per heavy atom. The fourth-order valence-corrected chi connectivity index (χ4v) is 2.41. The van der Waals surface area contributed by atoms with Gasteiger partial charge < -0.3 is 15.0 Å². The lowest BCUT2D eigenvalue weighted by atomic mass is 10.1. The smallest absolute Gasteiger partial charge is 0.333 e. The lowest BCUT2D eigenvalue weighted by Gasteiger charge is -2.15. The molecule has 0 aromatic carbocycles. The van der Waals surface area contributed by atoms with Gasteiger partial charge in [0.2, 0.25) is 5.95 Å². The van der Waals surface area contributed by atoms with Crippen LogP contribution in [0.3, 0.4) is 0 Å². The maximum Gasteiger partial charge on any atom is 0.333 e. The molecule has 0 aliphatic carbocycles. The Kier molecular flexibility index (Phi) is 5.05. The summed E-state index contributed by atoms with van der Waals surface area (Å²) in [5.41, 5.74) is 0.950. The molecule has 0 saturated carbocycles. The molecule has 2 aromatic heterocycles. The second-order valence-corrected chi connectivity index (χ2v) is 5.43. The molecule has 22 heavy (non-hydrogen) atoms. The van der Waals surface area contributed by atoms with Crippen LogP contribution in [-0.4, -0.2) is 43.0 Å². The fraction of sp³-hybridized carbons (Fsp3) is 0.286. The summed E-state index contributed by atoms with van der Waals surface area (Å²) in [5, 5.41) is 6.25. The quantitative estimate of drug-likeness (QED) is 0.835. The van der Waals surface area contributed by atoms with Gasteiger partial charge >= 0.3 is 5.97 Å². The second kappa shape index (κ2) is 6.99. The van der Waals surface area contributed by atoms with E-state index in [4.69, 9.17) is 4.74 Å². The zero-order valence-corrected chi connectivity index (χ0v) is 13.3. The number of carbonyl (C=O) groups excluding carboxylic acids is 2. The predicted octanol–water partition coefficient (Wildman–Crippen LogP) is 1.25. The molecule has 116 valence electrons. The lowest BCUT2D eigenvalue weighted by molar-refractivity contribution is -0.143. The molecule has 1 unspecified atom stereocenters. The first kappa shape index (κ1) is 15.9. The van der Waals surface area contributed by atoms with Crippen molar-refractivity contribution in [2.45, 2.75) is 6.04 Å². The number of esters is 1. The molecule has 1 amide bonds. The summed E-state index contributed by atoms with van der Waals surface area (Å²) in [6.07, 6.45) is 2.83. The Balaban J connectivity index is 2.16. The van der Waals surface area contributed by atoms with Crippen LogP contribution in [0.1, 0.15) is 22.0 Å². The van der Waals surface area contributed by atoms with Crippen molar-refractivity contribution >= 4 is 29.2 Å². The van der Waals surface area contributed by atoms with Gasteiger partial charge in [-0.15, -0.1) is 0 Å². The van der Waals surface area contributed by atoms with Crippen molar-refractivity contribution in [3.05, 3.63) is 40.3 Å². The van der Waals surface area contributed by atoms with E-state index >= 15 is 0 Å². The number of amides is 1. The van der Waals surface area contributed by atoms with Crippen LogP contribution in [0.15, 0.2) is 29.2 Å². The Morgan fingerprint density at radius 3 is 2.50 bits per heavy atom. The summed E-state index contributed by atoms with van der Waals surface area (Å²) >= 11 is 1.43. The van der Waals surface area contributed by atoms with Crippen molar-refractivity contribution < 1.29 is 14.3 Å². The van der Waals surface area contributed by atoms with Gasteiger partial charge in [0, 0.05) is 26.5 Å². The van der Waals surface area contributed by atoms with E-state index in [2.05, 4.69) is 15.3 Å². The third-order valence-electron chi connectivity index (χ3n) is 2.89. The van der Waals surface area contributed by atoms with Crippen molar-refractivity contribution in [3.8, 4) is 0 Å². The van der Waals surface area contributed by atoms with Crippen molar-refractivity contribution in [1.29, 1.82) is 0 Å². The monoisotopic (exact) mass is 320 g/mol. The Hall–Kier alpha value is -2.48. The van der Waals surface area contributed by atoms with Crippen LogP contribution in [0.2, 0.25) is 0 Å². The molecule has 0 spiro atoms. The van der Waals surface area contributed by atoms with Crippen LogP contribution >= 0.6 is 11.3 Å². The highest BCUT2D eigenvalue weighted by Gasteiger charge is 2.24. The normalized spacial score (nSPS) is 11.6. The van der Waals surface area contributed by atoms with Crippen molar-refractivity contribution in [3.63, 3.8) is 0 Å². The number of rotatable bonds is 5. The van der Waals surface area contributed by atoms with Crippen LogP contribution in [0.4, 0.5) is 5.95 Å². The highest BCUT2D eigenvalue weighted by molar-refractivity contribution is 7.08. The molecule has 2 aromatic rings. The van der Waals surface area contributed by atoms with Gasteiger partial charge in [0.1, 0.15) is 0 Å². The number of hydrogen-bond donors (Lipinski definition) is 1. The molecular formula is C14H16N4O3S. The summed E-state index contributed by atoms with van der Waals surface area (Å²) in [6.45, 7) is 0. The first-order valence-corrected chi connectivity index (χ1v) is 7.37. The van der Waals surface area contributed by atoms with E-state index in [1.807, 2.05) is 5.38 Å². The van der Waals surface area contributed by atoms with Crippen molar-refractivity contribution in [1.82, 2.24) is 15.3 Å². The van der Waals surface area contributed by atoms with E-state index in [-0.39, 0.29) is 5.56 Å². The van der Waals surface area contributed by atoms with Gasteiger partial charge in [-0.2, -0.15) is 11.3 Å². The van der Waals surface area contributed by atoms with E-state index < -0.39 is 17.9 Å². The summed E-state index contributed by atoms with van der Waals surface area (Å²) in [6, 6.07) is 0.912. The summed E-state index contributed by atoms with van der Waals surface area (Å²) < 4.78 is 4.74. The average molecular weight is 320 g/mol. The minimum Gasteiger partial charge on any atom is -0.467 e. The van der Waals surface area contributed by atoms with E-state index in [1.54, 1.807) is 30.4 Å². The highest BCUT2D eigenvalue weighted by Crippen LogP contribution is 2.18. The summed E-state index contributed by atoms with van der Waals surface area (Å²) in [5.74, 6) is -0.469. The van der Waals surface area contributed by atoms with Gasteiger partial charge in [-0.05, 0) is 22.4 Å². The number of hydrogen-bond acceptors (Lipinski definition) is 7. The number of nitrogens with zero attached hydrogens (tertiary/aromatic N) is 3. The number of nitrogens with one attached hydrogen (secondary N) is 1. The molecule has 8 heteroatoms. The Bertz CT molecular complexity index is 641. The van der Waals surface area contributed by atoms with Gasteiger partial charge in [0.15, 0.2) is 6.04 Å². The SMILES string of the molecule is COC(=O)C(NC(=O)c1cnc(N(C)C)nc1)c1ccsc1. The van der Waals surface area contributed by atoms with Crippen molar-refractivity contribution in [2.75, 3.05) is 26.1 Å². The molecule has 0 bridgehead atoms. The van der Waals surface area contributed by atoms with Crippen LogP contribution in [-0.2, 0) is 9.53 Å². The zero-order valence-electron chi connectivity index (χ0n) is 12.4. The molecule has 0 saturated heterocycles. The third kappa shape index (κ3) is 3.59. The van der Waals surface area contributed by atoms with Crippen LogP contribution < -0.4 is 10.2 Å². The molecule has 0 fully saturated rings. The Morgan fingerprint density at radius 2 is 2.00 bits per heavy atom. The van der Waals surface area contributed by atoms with Crippen molar-refractivity contribution in [2.24, 2.45) is 0 Å². The minimum absolute atomic E-state index is 0.273. The molecule has 0 aliphatic rings. The first-order valence-electron chi connectivity index (χ1n) is 6.43. The molecule has 0 aliphatic heterocycles. The number of ether oxygens (including phenoxy) is 1. The third-order valence-corrected chi connectivity index (χ3v) is 3.59. The second-order valence-electron chi connectivity index (χ2n) is 4.65. The molecule has 7 nitrogen and oxygen atoms in total. The van der Waals surface area contributed by atoms with Gasteiger partial charge in [-0.3, -0.25) is 4.79 Å². The maximum atomic E-state index is 12.2. The zero-order chi connectivity index (χ0) is 16.1. The van der Waals surface area contributed by atoms with Gasteiger partial charge in [0.25, 0.3) is 5.91 Å². The molecule has 1 atom stereocenters. The Labute approximate surface area is 132 Å². The van der Waals surface area contributed by atoms with Crippen LogP contribution in [0.5, 0.6) is 0 Å². The number of carbonyl (C=O) groups is 2. The fourth-order valence-electron chi connectivity index (χ4n) is 1.72. The largest absolute Gasteiger partial charge is 0.467 e. The maximum absolute atomic E-state index is 12.2. The van der Waals surface area contributed by atoms with Gasteiger partial charge in [0.05, 0.1) is 12.7 Å². The van der Waals surface area contributed by atoms with Crippen LogP contribution in [0.25, 0.3) is 0 Å². The van der Waals surface area contributed by atoms with E-state index in [1.165, 1.54) is 30.8 Å². The molecule has 2 heterocycles. The summed E-state index contributed by atoms with van der Waals surface area (Å²) in [7, 11) is 4.89. The average Bonchev–Trinajstić information content (AvgIpc) is 3.05. The number of aromatic nitrogens is 2. The topological polar surface area (TPSA) is 84.4 Å². The van der Waals surface area contributed by atoms with E-state index in [0.29, 0.717) is 11.5 Å². The summed E-state index contributed by atoms with van der Waals surface area (Å²) in [4.78, 5) is 34.0. The van der Waals surface area contributed by atoms with E-state index in [0.717, 1.165) is 0 Å². The highest BCUT2D eigenvalue weighted by atomic mass is 32.1.